The first-order chi connectivity index (χ1) is 9.86. The van der Waals surface area contributed by atoms with E-state index >= 15 is 0 Å². The molecule has 114 valence electrons. The van der Waals surface area contributed by atoms with Crippen molar-refractivity contribution in [3.05, 3.63) is 16.3 Å². The van der Waals surface area contributed by atoms with Crippen LogP contribution in [0.5, 0.6) is 0 Å². The summed E-state index contributed by atoms with van der Waals surface area (Å²) in [5.74, 6) is 0.895. The molecule has 1 aliphatic rings. The van der Waals surface area contributed by atoms with Gasteiger partial charge in [0.1, 0.15) is 16.5 Å². The number of hydrogen-bond acceptors (Lipinski definition) is 5. The van der Waals surface area contributed by atoms with E-state index in [0.29, 0.717) is 11.6 Å². The maximum absolute atomic E-state index is 12.4. The van der Waals surface area contributed by atoms with Gasteiger partial charge in [-0.1, -0.05) is 0 Å². The van der Waals surface area contributed by atoms with Gasteiger partial charge in [0, 0.05) is 4.88 Å². The molecule has 0 saturated carbocycles. The van der Waals surface area contributed by atoms with E-state index in [4.69, 9.17) is 5.11 Å². The number of nitrogens with one attached hydrogen (secondary N) is 1. The van der Waals surface area contributed by atoms with Gasteiger partial charge in [-0.05, 0) is 31.7 Å². The Hall–Kier alpha value is -1.41. The highest BCUT2D eigenvalue weighted by Gasteiger charge is 2.38. The highest BCUT2D eigenvalue weighted by atomic mass is 32.1. The fraction of sp³-hybridized carbons (Fsp3) is 0.538. The predicted octanol–water partition coefficient (Wildman–Crippen LogP) is 2.82. The van der Waals surface area contributed by atoms with Gasteiger partial charge in [-0.3, -0.25) is 0 Å². The van der Waals surface area contributed by atoms with Crippen LogP contribution in [-0.2, 0) is 12.8 Å². The van der Waals surface area contributed by atoms with E-state index in [2.05, 4.69) is 15.3 Å². The smallest absolute Gasteiger partial charge is 0.382 e. The SMILES string of the molecule is Cc1nc(NC[C@@H](O)C(F)(F)F)c2c3c(sc2n1)CCC3. The average molecular weight is 317 g/mol. The molecule has 2 aromatic heterocycles. The van der Waals surface area contributed by atoms with Crippen molar-refractivity contribution in [3.8, 4) is 0 Å². The number of nitrogens with zero attached hydrogens (tertiary/aromatic N) is 2. The van der Waals surface area contributed by atoms with E-state index in [0.717, 1.165) is 35.0 Å². The third kappa shape index (κ3) is 2.69. The van der Waals surface area contributed by atoms with Crippen molar-refractivity contribution in [1.29, 1.82) is 0 Å². The highest BCUT2D eigenvalue weighted by molar-refractivity contribution is 7.19. The van der Waals surface area contributed by atoms with Gasteiger partial charge in [-0.25, -0.2) is 9.97 Å². The molecule has 0 radical (unpaired) electrons. The zero-order chi connectivity index (χ0) is 15.2. The van der Waals surface area contributed by atoms with Crippen LogP contribution in [0, 0.1) is 6.92 Å². The summed E-state index contributed by atoms with van der Waals surface area (Å²) < 4.78 is 37.2. The largest absolute Gasteiger partial charge is 0.416 e. The summed E-state index contributed by atoms with van der Waals surface area (Å²) in [4.78, 5) is 10.6. The molecule has 3 rings (SSSR count). The van der Waals surface area contributed by atoms with Crippen molar-refractivity contribution in [2.45, 2.75) is 38.5 Å². The summed E-state index contributed by atoms with van der Waals surface area (Å²) in [5.41, 5.74) is 1.14. The third-order valence-corrected chi connectivity index (χ3v) is 4.70. The van der Waals surface area contributed by atoms with Crippen LogP contribution in [0.25, 0.3) is 10.2 Å². The molecule has 1 aliphatic carbocycles. The molecule has 0 unspecified atom stereocenters. The van der Waals surface area contributed by atoms with Gasteiger partial charge in [0.15, 0.2) is 6.10 Å². The average Bonchev–Trinajstić information content (AvgIpc) is 2.93. The molecule has 0 aliphatic heterocycles. The molecule has 21 heavy (non-hydrogen) atoms. The number of fused-ring (bicyclic) bond motifs is 3. The minimum absolute atomic E-state index is 0.389. The second-order valence-electron chi connectivity index (χ2n) is 5.10. The summed E-state index contributed by atoms with van der Waals surface area (Å²) in [7, 11) is 0. The lowest BCUT2D eigenvalue weighted by molar-refractivity contribution is -0.198. The minimum Gasteiger partial charge on any atom is -0.382 e. The number of thiophene rings is 1. The van der Waals surface area contributed by atoms with Crippen LogP contribution >= 0.6 is 11.3 Å². The number of hydrogen-bond donors (Lipinski definition) is 2. The van der Waals surface area contributed by atoms with E-state index in [1.165, 1.54) is 4.88 Å². The minimum atomic E-state index is -4.63. The van der Waals surface area contributed by atoms with Gasteiger partial charge in [0.2, 0.25) is 0 Å². The molecule has 0 aromatic carbocycles. The molecule has 4 nitrogen and oxygen atoms in total. The number of anilines is 1. The van der Waals surface area contributed by atoms with Gasteiger partial charge in [-0.2, -0.15) is 13.2 Å². The number of aryl methyl sites for hydroxylation is 3. The molecule has 2 aromatic rings. The molecular formula is C13H14F3N3OS. The van der Waals surface area contributed by atoms with Crippen LogP contribution < -0.4 is 5.32 Å². The standard InChI is InChI=1S/C13H14F3N3OS/c1-6-18-11(17-5-9(20)13(14,15)16)10-7-3-2-4-8(7)21-12(10)19-6/h9,20H,2-5H2,1H3,(H,17,18,19)/t9-/m1/s1. The summed E-state index contributed by atoms with van der Waals surface area (Å²) >= 11 is 1.58. The van der Waals surface area contributed by atoms with Crippen molar-refractivity contribution in [2.24, 2.45) is 0 Å². The van der Waals surface area contributed by atoms with Crippen molar-refractivity contribution in [3.63, 3.8) is 0 Å². The van der Waals surface area contributed by atoms with Gasteiger partial charge in [0.25, 0.3) is 0 Å². The summed E-state index contributed by atoms with van der Waals surface area (Å²) in [6, 6.07) is 0. The molecule has 8 heteroatoms. The fourth-order valence-corrected chi connectivity index (χ4v) is 3.85. The number of alkyl halides is 3. The van der Waals surface area contributed by atoms with E-state index in [1.807, 2.05) is 0 Å². The fourth-order valence-electron chi connectivity index (χ4n) is 2.54. The lowest BCUT2D eigenvalue weighted by Gasteiger charge is -2.16. The van der Waals surface area contributed by atoms with Gasteiger partial charge in [0.05, 0.1) is 11.9 Å². The molecular weight excluding hydrogens is 303 g/mol. The Morgan fingerprint density at radius 2 is 2.10 bits per heavy atom. The zero-order valence-corrected chi connectivity index (χ0v) is 12.1. The third-order valence-electron chi connectivity index (χ3n) is 3.52. The molecule has 0 amide bonds. The number of aliphatic hydroxyl groups excluding tert-OH is 1. The molecule has 2 N–H and O–H groups in total. The summed E-state index contributed by atoms with van der Waals surface area (Å²) in [6.45, 7) is 1.09. The van der Waals surface area contributed by atoms with Crippen LogP contribution in [0.4, 0.5) is 19.0 Å². The summed E-state index contributed by atoms with van der Waals surface area (Å²) in [5, 5.41) is 12.6. The van der Waals surface area contributed by atoms with E-state index in [9.17, 15) is 13.2 Å². The number of aliphatic hydroxyl groups is 1. The van der Waals surface area contributed by atoms with Gasteiger partial charge < -0.3 is 10.4 Å². The molecule has 0 spiro atoms. The van der Waals surface area contributed by atoms with Crippen LogP contribution in [0.15, 0.2) is 0 Å². The first-order valence-corrected chi connectivity index (χ1v) is 7.45. The quantitative estimate of drug-likeness (QED) is 0.914. The van der Waals surface area contributed by atoms with Gasteiger partial charge in [-0.15, -0.1) is 11.3 Å². The predicted molar refractivity (Wildman–Crippen MR) is 74.7 cm³/mol. The summed E-state index contributed by atoms with van der Waals surface area (Å²) in [6.07, 6.45) is -4.10. The number of aromatic nitrogens is 2. The Balaban J connectivity index is 1.94. The zero-order valence-electron chi connectivity index (χ0n) is 11.3. The lowest BCUT2D eigenvalue weighted by atomic mass is 10.2. The lowest BCUT2D eigenvalue weighted by Crippen LogP contribution is -2.35. The van der Waals surface area contributed by atoms with Crippen molar-refractivity contribution in [1.82, 2.24) is 9.97 Å². The molecule has 0 fully saturated rings. The Kier molecular flexibility index (Phi) is 3.53. The first kappa shape index (κ1) is 14.5. The Morgan fingerprint density at radius 3 is 2.81 bits per heavy atom. The van der Waals surface area contributed by atoms with Crippen molar-refractivity contribution in [2.75, 3.05) is 11.9 Å². The van der Waals surface area contributed by atoms with E-state index in [-0.39, 0.29) is 0 Å². The number of rotatable bonds is 3. The van der Waals surface area contributed by atoms with E-state index < -0.39 is 18.8 Å². The van der Waals surface area contributed by atoms with Crippen LogP contribution in [-0.4, -0.2) is 33.9 Å². The Labute approximate surface area is 123 Å². The Bertz CT molecular complexity index is 683. The van der Waals surface area contributed by atoms with Gasteiger partial charge >= 0.3 is 6.18 Å². The van der Waals surface area contributed by atoms with E-state index in [1.54, 1.807) is 18.3 Å². The van der Waals surface area contributed by atoms with Crippen molar-refractivity contribution < 1.29 is 18.3 Å². The normalized spacial score (nSPS) is 16.2. The second-order valence-corrected chi connectivity index (χ2v) is 6.18. The highest BCUT2D eigenvalue weighted by Crippen LogP contribution is 2.39. The molecule has 2 heterocycles. The van der Waals surface area contributed by atoms with Crippen LogP contribution in [0.3, 0.4) is 0 Å². The maximum Gasteiger partial charge on any atom is 0.416 e. The maximum atomic E-state index is 12.4. The molecule has 0 saturated heterocycles. The second kappa shape index (κ2) is 5.10. The monoisotopic (exact) mass is 317 g/mol. The Morgan fingerprint density at radius 1 is 1.33 bits per heavy atom. The molecule has 1 atom stereocenters. The number of halogens is 3. The molecule has 0 bridgehead atoms. The van der Waals surface area contributed by atoms with Crippen molar-refractivity contribution >= 4 is 27.4 Å². The van der Waals surface area contributed by atoms with Crippen LogP contribution in [0.1, 0.15) is 22.7 Å². The first-order valence-electron chi connectivity index (χ1n) is 6.64. The van der Waals surface area contributed by atoms with Crippen LogP contribution in [0.2, 0.25) is 0 Å². The topological polar surface area (TPSA) is 58.0 Å².